The van der Waals surface area contributed by atoms with Crippen molar-refractivity contribution in [3.63, 3.8) is 0 Å². The molecule has 0 unspecified atom stereocenters. The molecule has 2 aromatic carbocycles. The van der Waals surface area contributed by atoms with Crippen LogP contribution in [0.1, 0.15) is 37.9 Å². The molecule has 2 heterocycles. The number of fused-ring (bicyclic) bond motifs is 1. The van der Waals surface area contributed by atoms with Gasteiger partial charge in [-0.25, -0.2) is 13.5 Å². The first kappa shape index (κ1) is 29.4. The quantitative estimate of drug-likeness (QED) is 0.144. The van der Waals surface area contributed by atoms with Crippen molar-refractivity contribution in [1.82, 2.24) is 40.5 Å². The first-order chi connectivity index (χ1) is 20.2. The number of piperidine rings is 1. The summed E-state index contributed by atoms with van der Waals surface area (Å²) < 4.78 is 29.6. The number of amides is 2. The summed E-state index contributed by atoms with van der Waals surface area (Å²) in [6.07, 6.45) is 3.31. The lowest BCUT2D eigenvalue weighted by molar-refractivity contribution is -0.136. The van der Waals surface area contributed by atoms with Crippen molar-refractivity contribution in [3.05, 3.63) is 48.3 Å². The molecule has 1 saturated heterocycles. The van der Waals surface area contributed by atoms with E-state index in [4.69, 9.17) is 11.1 Å². The van der Waals surface area contributed by atoms with E-state index in [0.717, 1.165) is 36.5 Å². The zero-order chi connectivity index (χ0) is 29.7. The Morgan fingerprint density at radius 3 is 2.67 bits per heavy atom. The fourth-order valence-corrected chi connectivity index (χ4v) is 6.53. The summed E-state index contributed by atoms with van der Waals surface area (Å²) in [6.45, 7) is 1.87. The van der Waals surface area contributed by atoms with Crippen LogP contribution in [0.15, 0.2) is 47.4 Å². The maximum atomic E-state index is 13.9. The highest BCUT2D eigenvalue weighted by Gasteiger charge is 2.38. The number of hydrogen-bond acceptors (Lipinski definition) is 8. The van der Waals surface area contributed by atoms with Crippen molar-refractivity contribution >= 4 is 38.6 Å². The van der Waals surface area contributed by atoms with Crippen molar-refractivity contribution in [2.45, 2.75) is 55.5 Å². The molecule has 2 amide bonds. The van der Waals surface area contributed by atoms with Crippen molar-refractivity contribution < 1.29 is 18.0 Å². The summed E-state index contributed by atoms with van der Waals surface area (Å²) in [7, 11) is -4.15. The van der Waals surface area contributed by atoms with Gasteiger partial charge in [-0.05, 0) is 64.9 Å². The predicted molar refractivity (Wildman–Crippen MR) is 155 cm³/mol. The van der Waals surface area contributed by atoms with E-state index in [1.807, 2.05) is 24.3 Å². The summed E-state index contributed by atoms with van der Waals surface area (Å²) in [4.78, 5) is 30.4. The maximum absolute atomic E-state index is 13.9. The van der Waals surface area contributed by atoms with E-state index < -0.39 is 27.9 Å². The number of carbonyl (C=O) groups is 2. The summed E-state index contributed by atoms with van der Waals surface area (Å²) >= 11 is 0. The van der Waals surface area contributed by atoms with E-state index in [2.05, 4.69) is 30.7 Å². The maximum Gasteiger partial charge on any atom is 0.241 e. The van der Waals surface area contributed by atoms with Gasteiger partial charge in [0.2, 0.25) is 21.8 Å². The number of carbonyl (C=O) groups excluding carboxylic acids is 2. The highest BCUT2D eigenvalue weighted by Crippen LogP contribution is 2.28. The second-order valence-corrected chi connectivity index (χ2v) is 12.6. The van der Waals surface area contributed by atoms with Gasteiger partial charge in [0.25, 0.3) is 0 Å². The first-order valence-corrected chi connectivity index (χ1v) is 15.6. The van der Waals surface area contributed by atoms with E-state index in [9.17, 15) is 18.0 Å². The van der Waals surface area contributed by atoms with Gasteiger partial charge in [-0.1, -0.05) is 30.3 Å². The van der Waals surface area contributed by atoms with Gasteiger partial charge in [0.1, 0.15) is 11.9 Å². The molecule has 2 aliphatic rings. The molecule has 3 aromatic rings. The minimum Gasteiger partial charge on any atom is -0.370 e. The van der Waals surface area contributed by atoms with E-state index in [0.29, 0.717) is 31.9 Å². The van der Waals surface area contributed by atoms with Crippen molar-refractivity contribution in [2.75, 3.05) is 26.2 Å². The van der Waals surface area contributed by atoms with Crippen LogP contribution in [0, 0.1) is 11.3 Å². The molecule has 1 aliphatic carbocycles. The fourth-order valence-electron chi connectivity index (χ4n) is 5.31. The number of tetrazole rings is 1. The van der Waals surface area contributed by atoms with Gasteiger partial charge in [0.15, 0.2) is 5.96 Å². The van der Waals surface area contributed by atoms with Gasteiger partial charge in [-0.3, -0.25) is 15.0 Å². The Morgan fingerprint density at radius 1 is 1.17 bits per heavy atom. The third-order valence-corrected chi connectivity index (χ3v) is 9.18. The molecule has 6 N–H and O–H groups in total. The molecule has 1 aromatic heterocycles. The minimum absolute atomic E-state index is 0.000984. The number of guanidine groups is 1. The average Bonchev–Trinajstić information content (AvgIpc) is 3.69. The number of nitrogens with one attached hydrogen (secondary N) is 4. The van der Waals surface area contributed by atoms with E-state index in [1.165, 1.54) is 6.07 Å². The highest BCUT2D eigenvalue weighted by atomic mass is 32.2. The lowest BCUT2D eigenvalue weighted by Crippen LogP contribution is -2.52. The van der Waals surface area contributed by atoms with Crippen LogP contribution >= 0.6 is 0 Å². The Kier molecular flexibility index (Phi) is 8.97. The number of benzene rings is 2. The number of nitrogens with two attached hydrogens (primary N) is 1. The Bertz CT molecular complexity index is 1530. The van der Waals surface area contributed by atoms with E-state index >= 15 is 0 Å². The number of hydrogen-bond donors (Lipinski definition) is 5. The summed E-state index contributed by atoms with van der Waals surface area (Å²) in [5, 5.41) is 25.9. The number of sulfonamides is 1. The molecule has 15 heteroatoms. The van der Waals surface area contributed by atoms with Crippen LogP contribution in [0.25, 0.3) is 10.8 Å². The molecule has 42 heavy (non-hydrogen) atoms. The molecule has 2 fully saturated rings. The molecular formula is C27H36N10O4S. The topological polar surface area (TPSA) is 203 Å². The monoisotopic (exact) mass is 596 g/mol. The number of aromatic amines is 1. The molecular weight excluding hydrogens is 560 g/mol. The number of nitrogens with zero attached hydrogens (tertiary/aromatic N) is 5. The molecule has 1 aliphatic heterocycles. The van der Waals surface area contributed by atoms with Gasteiger partial charge in [-0.15, -0.1) is 5.10 Å². The van der Waals surface area contributed by atoms with Crippen LogP contribution in [-0.4, -0.2) is 94.9 Å². The largest absolute Gasteiger partial charge is 0.370 e. The molecule has 5 rings (SSSR count). The summed E-state index contributed by atoms with van der Waals surface area (Å²) in [5.41, 5.74) is 5.64. The van der Waals surface area contributed by atoms with Gasteiger partial charge >= 0.3 is 0 Å². The minimum atomic E-state index is -4.15. The van der Waals surface area contributed by atoms with Gasteiger partial charge in [0.05, 0.1) is 11.3 Å². The zero-order valence-electron chi connectivity index (χ0n) is 23.2. The van der Waals surface area contributed by atoms with Crippen LogP contribution in [0.5, 0.6) is 0 Å². The number of likely N-dealkylation sites (tertiary alicyclic amines) is 1. The molecule has 1 saturated carbocycles. The molecule has 14 nitrogen and oxygen atoms in total. The molecule has 0 radical (unpaired) electrons. The predicted octanol–water partition coefficient (Wildman–Crippen LogP) is 0.345. The lowest BCUT2D eigenvalue weighted by atomic mass is 9.98. The molecule has 2 atom stereocenters. The van der Waals surface area contributed by atoms with Crippen LogP contribution in [0.2, 0.25) is 0 Å². The Labute approximate surface area is 243 Å². The normalized spacial score (nSPS) is 18.0. The van der Waals surface area contributed by atoms with E-state index in [-0.39, 0.29) is 35.8 Å². The second kappa shape index (κ2) is 12.8. The average molecular weight is 597 g/mol. The fraction of sp³-hybridized carbons (Fsp3) is 0.481. The van der Waals surface area contributed by atoms with Crippen molar-refractivity contribution in [2.24, 2.45) is 11.7 Å². The third-order valence-electron chi connectivity index (χ3n) is 7.71. The number of H-pyrrole nitrogens is 1. The van der Waals surface area contributed by atoms with Crippen LogP contribution in [0.3, 0.4) is 0 Å². The standard InChI is InChI=1S/C27H36N10O4S/c28-27(29)36-12-3-4-18(17-36)16-30-25(38)15-23(26(39)37(21-8-9-21)13-11-24-31-34-35-32-24)33-42(40,41)22-10-7-19-5-1-2-6-20(19)14-22/h1-2,5-7,10,14,18,21,23,33H,3-4,8-9,11-13,15-17H2,(H3,28,29)(H,30,38)(H,31,32,34,35)/t18-,23-/m0/s1. The smallest absolute Gasteiger partial charge is 0.241 e. The molecule has 224 valence electrons. The van der Waals surface area contributed by atoms with Gasteiger partial charge < -0.3 is 20.9 Å². The third kappa shape index (κ3) is 7.39. The van der Waals surface area contributed by atoms with Crippen LogP contribution in [-0.2, 0) is 26.0 Å². The van der Waals surface area contributed by atoms with Crippen molar-refractivity contribution in [1.29, 1.82) is 5.41 Å². The zero-order valence-corrected chi connectivity index (χ0v) is 24.0. The summed E-state index contributed by atoms with van der Waals surface area (Å²) in [5.74, 6) is -0.309. The van der Waals surface area contributed by atoms with Gasteiger partial charge in [0, 0.05) is 38.6 Å². The second-order valence-electron chi connectivity index (χ2n) is 10.9. The van der Waals surface area contributed by atoms with Crippen molar-refractivity contribution in [3.8, 4) is 0 Å². The Balaban J connectivity index is 1.32. The lowest BCUT2D eigenvalue weighted by Gasteiger charge is -2.33. The highest BCUT2D eigenvalue weighted by molar-refractivity contribution is 7.89. The number of rotatable bonds is 12. The van der Waals surface area contributed by atoms with Gasteiger partial charge in [-0.2, -0.15) is 4.72 Å². The Morgan fingerprint density at radius 2 is 1.95 bits per heavy atom. The van der Waals surface area contributed by atoms with Crippen LogP contribution < -0.4 is 15.8 Å². The van der Waals surface area contributed by atoms with E-state index in [1.54, 1.807) is 21.9 Å². The Hall–Kier alpha value is -4.11. The summed E-state index contributed by atoms with van der Waals surface area (Å²) in [6, 6.07) is 10.8. The first-order valence-electron chi connectivity index (χ1n) is 14.1. The van der Waals surface area contributed by atoms with Crippen LogP contribution in [0.4, 0.5) is 0 Å². The molecule has 0 bridgehead atoms. The SMILES string of the molecule is N=C(N)N1CCC[C@@H](CNC(=O)C[C@H](NS(=O)(=O)c2ccc3ccccc3c2)C(=O)N(CCc2nnn[nH]2)C2CC2)C1. The number of aromatic nitrogens is 4. The molecule has 0 spiro atoms.